The standard InChI is InChI=1S/C16H19NO4/c1-11(18)12-2-4-13(5-3-12)15-7-6-14(21-15)10-17-9-8-16(19)20/h2-7,11,17-18H,8-10H2,1H3,(H,19,20)/t11-/m1/s1. The normalized spacial score (nSPS) is 12.3. The monoisotopic (exact) mass is 289 g/mol. The molecule has 1 atom stereocenters. The molecule has 0 amide bonds. The molecule has 1 heterocycles. The molecule has 5 heteroatoms. The molecule has 0 unspecified atom stereocenters. The van der Waals surface area contributed by atoms with Crippen LogP contribution in [-0.2, 0) is 11.3 Å². The van der Waals surface area contributed by atoms with Gasteiger partial charge in [0.05, 0.1) is 19.1 Å². The second-order valence-corrected chi connectivity index (χ2v) is 4.88. The van der Waals surface area contributed by atoms with Crippen LogP contribution in [0.25, 0.3) is 11.3 Å². The van der Waals surface area contributed by atoms with Crippen molar-refractivity contribution in [2.75, 3.05) is 6.54 Å². The lowest BCUT2D eigenvalue weighted by Crippen LogP contribution is -2.17. The highest BCUT2D eigenvalue weighted by atomic mass is 16.4. The lowest BCUT2D eigenvalue weighted by atomic mass is 10.1. The van der Waals surface area contributed by atoms with Gasteiger partial charge >= 0.3 is 5.97 Å². The molecule has 0 saturated carbocycles. The van der Waals surface area contributed by atoms with Gasteiger partial charge in [0.15, 0.2) is 0 Å². The number of nitrogens with one attached hydrogen (secondary N) is 1. The fraction of sp³-hybridized carbons (Fsp3) is 0.312. The number of aliphatic hydroxyl groups excluding tert-OH is 1. The molecule has 0 aliphatic rings. The van der Waals surface area contributed by atoms with Crippen LogP contribution in [0.5, 0.6) is 0 Å². The third-order valence-corrected chi connectivity index (χ3v) is 3.15. The second kappa shape index (κ2) is 7.06. The van der Waals surface area contributed by atoms with Gasteiger partial charge in [0.25, 0.3) is 0 Å². The van der Waals surface area contributed by atoms with Crippen LogP contribution in [0.3, 0.4) is 0 Å². The van der Waals surface area contributed by atoms with E-state index >= 15 is 0 Å². The van der Waals surface area contributed by atoms with E-state index in [9.17, 15) is 9.90 Å². The summed E-state index contributed by atoms with van der Waals surface area (Å²) in [6, 6.07) is 11.3. The van der Waals surface area contributed by atoms with E-state index in [-0.39, 0.29) is 6.42 Å². The Morgan fingerprint density at radius 2 is 1.95 bits per heavy atom. The maximum atomic E-state index is 10.4. The van der Waals surface area contributed by atoms with E-state index in [1.54, 1.807) is 6.92 Å². The summed E-state index contributed by atoms with van der Waals surface area (Å²) < 4.78 is 5.70. The van der Waals surface area contributed by atoms with Crippen LogP contribution in [-0.4, -0.2) is 22.7 Å². The molecular weight excluding hydrogens is 270 g/mol. The average Bonchev–Trinajstić information content (AvgIpc) is 2.92. The van der Waals surface area contributed by atoms with Crippen molar-refractivity contribution < 1.29 is 19.4 Å². The van der Waals surface area contributed by atoms with Crippen LogP contribution in [0.4, 0.5) is 0 Å². The third kappa shape index (κ3) is 4.44. The Bertz CT molecular complexity index is 587. The number of rotatable bonds is 7. The summed E-state index contributed by atoms with van der Waals surface area (Å²) >= 11 is 0. The van der Waals surface area contributed by atoms with Crippen LogP contribution >= 0.6 is 0 Å². The Kier molecular flexibility index (Phi) is 5.14. The van der Waals surface area contributed by atoms with Gasteiger partial charge in [-0.25, -0.2) is 0 Å². The Labute approximate surface area is 123 Å². The number of hydrogen-bond donors (Lipinski definition) is 3. The van der Waals surface area contributed by atoms with Gasteiger partial charge in [-0.1, -0.05) is 24.3 Å². The number of aliphatic hydroxyl groups is 1. The molecule has 2 aromatic rings. The molecule has 0 aliphatic heterocycles. The average molecular weight is 289 g/mol. The second-order valence-electron chi connectivity index (χ2n) is 4.88. The predicted octanol–water partition coefficient (Wildman–Crippen LogP) is 2.56. The molecule has 5 nitrogen and oxygen atoms in total. The Morgan fingerprint density at radius 1 is 1.24 bits per heavy atom. The third-order valence-electron chi connectivity index (χ3n) is 3.15. The van der Waals surface area contributed by atoms with Crippen molar-refractivity contribution >= 4 is 5.97 Å². The number of furan rings is 1. The zero-order chi connectivity index (χ0) is 15.2. The molecule has 1 aromatic heterocycles. The van der Waals surface area contributed by atoms with Crippen molar-refractivity contribution in [1.29, 1.82) is 0 Å². The van der Waals surface area contributed by atoms with Crippen molar-refractivity contribution in [2.24, 2.45) is 0 Å². The van der Waals surface area contributed by atoms with E-state index in [2.05, 4.69) is 5.32 Å². The van der Waals surface area contributed by atoms with Crippen LogP contribution in [0.15, 0.2) is 40.8 Å². The van der Waals surface area contributed by atoms with Gasteiger partial charge < -0.3 is 19.9 Å². The molecule has 3 N–H and O–H groups in total. The van der Waals surface area contributed by atoms with Crippen molar-refractivity contribution in [1.82, 2.24) is 5.32 Å². The highest BCUT2D eigenvalue weighted by Crippen LogP contribution is 2.24. The van der Waals surface area contributed by atoms with Crippen molar-refractivity contribution in [3.05, 3.63) is 47.7 Å². The minimum atomic E-state index is -0.819. The first kappa shape index (κ1) is 15.3. The summed E-state index contributed by atoms with van der Waals surface area (Å²) in [5.74, 6) is 0.693. The van der Waals surface area contributed by atoms with E-state index in [0.717, 1.165) is 22.6 Å². The van der Waals surface area contributed by atoms with Gasteiger partial charge in [-0.05, 0) is 24.6 Å². The first-order chi connectivity index (χ1) is 10.1. The predicted molar refractivity (Wildman–Crippen MR) is 78.7 cm³/mol. The minimum absolute atomic E-state index is 0.0916. The van der Waals surface area contributed by atoms with Crippen LogP contribution in [0.2, 0.25) is 0 Å². The molecular formula is C16H19NO4. The summed E-state index contributed by atoms with van der Waals surface area (Å²) in [6.07, 6.45) is -0.390. The van der Waals surface area contributed by atoms with Gasteiger partial charge in [0.1, 0.15) is 11.5 Å². The van der Waals surface area contributed by atoms with Crippen LogP contribution in [0.1, 0.15) is 30.8 Å². The maximum Gasteiger partial charge on any atom is 0.304 e. The van der Waals surface area contributed by atoms with E-state index in [0.29, 0.717) is 13.1 Å². The number of benzene rings is 1. The summed E-state index contributed by atoms with van der Waals surface area (Å²) in [5.41, 5.74) is 1.80. The van der Waals surface area contributed by atoms with E-state index in [4.69, 9.17) is 9.52 Å². The number of aliphatic carboxylic acids is 1. The van der Waals surface area contributed by atoms with E-state index in [1.807, 2.05) is 36.4 Å². The van der Waals surface area contributed by atoms with Gasteiger partial charge in [-0.2, -0.15) is 0 Å². The maximum absolute atomic E-state index is 10.4. The molecule has 0 bridgehead atoms. The smallest absolute Gasteiger partial charge is 0.304 e. The van der Waals surface area contributed by atoms with Crippen molar-refractivity contribution in [2.45, 2.75) is 26.0 Å². The van der Waals surface area contributed by atoms with Crippen LogP contribution in [0, 0.1) is 0 Å². The summed E-state index contributed by atoms with van der Waals surface area (Å²) in [6.45, 7) is 2.64. The minimum Gasteiger partial charge on any atom is -0.481 e. The summed E-state index contributed by atoms with van der Waals surface area (Å²) in [5, 5.41) is 21.0. The van der Waals surface area contributed by atoms with Gasteiger partial charge in [0, 0.05) is 12.1 Å². The zero-order valence-corrected chi connectivity index (χ0v) is 11.9. The Balaban J connectivity index is 1.94. The Morgan fingerprint density at radius 3 is 2.57 bits per heavy atom. The molecule has 21 heavy (non-hydrogen) atoms. The summed E-state index contributed by atoms with van der Waals surface area (Å²) in [4.78, 5) is 10.4. The molecule has 0 spiro atoms. The van der Waals surface area contributed by atoms with E-state index in [1.165, 1.54) is 0 Å². The highest BCUT2D eigenvalue weighted by Gasteiger charge is 2.06. The molecule has 0 aliphatic carbocycles. The summed E-state index contributed by atoms with van der Waals surface area (Å²) in [7, 11) is 0. The zero-order valence-electron chi connectivity index (χ0n) is 11.9. The van der Waals surface area contributed by atoms with Crippen molar-refractivity contribution in [3.8, 4) is 11.3 Å². The molecule has 1 aromatic carbocycles. The molecule has 0 saturated heterocycles. The van der Waals surface area contributed by atoms with Crippen LogP contribution < -0.4 is 5.32 Å². The van der Waals surface area contributed by atoms with Gasteiger partial charge in [-0.3, -0.25) is 4.79 Å². The van der Waals surface area contributed by atoms with E-state index < -0.39 is 12.1 Å². The number of carboxylic acid groups (broad SMARTS) is 1. The molecule has 0 radical (unpaired) electrons. The van der Waals surface area contributed by atoms with Gasteiger partial charge in [-0.15, -0.1) is 0 Å². The first-order valence-corrected chi connectivity index (χ1v) is 6.86. The lowest BCUT2D eigenvalue weighted by molar-refractivity contribution is -0.136. The number of carbonyl (C=O) groups is 1. The molecule has 2 rings (SSSR count). The first-order valence-electron chi connectivity index (χ1n) is 6.86. The fourth-order valence-corrected chi connectivity index (χ4v) is 1.96. The SMILES string of the molecule is C[C@@H](O)c1ccc(-c2ccc(CNCCC(=O)O)o2)cc1. The van der Waals surface area contributed by atoms with Crippen molar-refractivity contribution in [3.63, 3.8) is 0 Å². The molecule has 112 valence electrons. The van der Waals surface area contributed by atoms with Gasteiger partial charge in [0.2, 0.25) is 0 Å². The highest BCUT2D eigenvalue weighted by molar-refractivity contribution is 5.66. The Hall–Kier alpha value is -2.11. The number of hydrogen-bond acceptors (Lipinski definition) is 4. The quantitative estimate of drug-likeness (QED) is 0.682. The largest absolute Gasteiger partial charge is 0.481 e. The lowest BCUT2D eigenvalue weighted by Gasteiger charge is -2.05. The fourth-order valence-electron chi connectivity index (χ4n) is 1.96. The topological polar surface area (TPSA) is 82.7 Å². The number of carboxylic acids is 1. The molecule has 0 fully saturated rings.